The van der Waals surface area contributed by atoms with E-state index in [0.29, 0.717) is 15.6 Å². The zero-order chi connectivity index (χ0) is 11.4. The smallest absolute Gasteiger partial charge is 0.252 e. The fourth-order valence-electron chi connectivity index (χ4n) is 0.950. The maximum absolute atomic E-state index is 11.5. The average Bonchev–Trinajstić information content (AvgIpc) is 2.21. The molecule has 1 N–H and O–H groups in total. The molecule has 0 bridgehead atoms. The van der Waals surface area contributed by atoms with E-state index >= 15 is 0 Å². The van der Waals surface area contributed by atoms with E-state index < -0.39 is 6.04 Å². The molecule has 3 nitrogen and oxygen atoms in total. The summed E-state index contributed by atoms with van der Waals surface area (Å²) in [7, 11) is 0. The van der Waals surface area contributed by atoms with Crippen LogP contribution in [0.3, 0.4) is 0 Å². The number of nitriles is 1. The number of nitrogens with one attached hydrogen (secondary N) is 1. The van der Waals surface area contributed by atoms with Crippen molar-refractivity contribution in [3.63, 3.8) is 0 Å². The van der Waals surface area contributed by atoms with Crippen LogP contribution in [-0.4, -0.2) is 11.9 Å². The van der Waals surface area contributed by atoms with Crippen LogP contribution in [0.15, 0.2) is 18.2 Å². The van der Waals surface area contributed by atoms with Gasteiger partial charge in [-0.1, -0.05) is 23.2 Å². The van der Waals surface area contributed by atoms with E-state index in [4.69, 9.17) is 28.5 Å². The molecule has 1 unspecified atom stereocenters. The van der Waals surface area contributed by atoms with Crippen molar-refractivity contribution in [3.8, 4) is 6.07 Å². The first-order valence-electron chi connectivity index (χ1n) is 4.20. The van der Waals surface area contributed by atoms with Gasteiger partial charge in [-0.15, -0.1) is 0 Å². The third-order valence-corrected chi connectivity index (χ3v) is 2.46. The molecule has 0 aliphatic carbocycles. The van der Waals surface area contributed by atoms with Crippen molar-refractivity contribution in [3.05, 3.63) is 33.8 Å². The topological polar surface area (TPSA) is 52.9 Å². The molecular formula is C10H8Cl2N2O. The molecule has 0 saturated carbocycles. The summed E-state index contributed by atoms with van der Waals surface area (Å²) in [4.78, 5) is 11.5. The van der Waals surface area contributed by atoms with Gasteiger partial charge in [-0.2, -0.15) is 5.26 Å². The third kappa shape index (κ3) is 3.12. The van der Waals surface area contributed by atoms with Crippen LogP contribution in [0.5, 0.6) is 0 Å². The van der Waals surface area contributed by atoms with E-state index in [-0.39, 0.29) is 5.91 Å². The molecule has 0 aromatic heterocycles. The number of hydrogen-bond donors (Lipinski definition) is 1. The highest BCUT2D eigenvalue weighted by Crippen LogP contribution is 2.22. The first kappa shape index (κ1) is 11.8. The highest BCUT2D eigenvalue weighted by molar-refractivity contribution is 6.42. The largest absolute Gasteiger partial charge is 0.337 e. The summed E-state index contributed by atoms with van der Waals surface area (Å²) in [5.74, 6) is -0.345. The summed E-state index contributed by atoms with van der Waals surface area (Å²) in [6.07, 6.45) is 0. The third-order valence-electron chi connectivity index (χ3n) is 1.72. The van der Waals surface area contributed by atoms with Crippen LogP contribution in [0.4, 0.5) is 0 Å². The van der Waals surface area contributed by atoms with Crippen molar-refractivity contribution in [2.24, 2.45) is 0 Å². The molecule has 15 heavy (non-hydrogen) atoms. The molecule has 5 heteroatoms. The molecular weight excluding hydrogens is 235 g/mol. The fraction of sp³-hybridized carbons (Fsp3) is 0.200. The fourth-order valence-corrected chi connectivity index (χ4v) is 1.25. The van der Waals surface area contributed by atoms with Gasteiger partial charge in [0.15, 0.2) is 0 Å². The highest BCUT2D eigenvalue weighted by atomic mass is 35.5. The molecule has 1 aromatic carbocycles. The predicted molar refractivity (Wildman–Crippen MR) is 59.0 cm³/mol. The maximum atomic E-state index is 11.5. The number of nitrogens with zero attached hydrogens (tertiary/aromatic N) is 1. The Morgan fingerprint density at radius 2 is 2.13 bits per heavy atom. The average molecular weight is 243 g/mol. The summed E-state index contributed by atoms with van der Waals surface area (Å²) >= 11 is 11.5. The van der Waals surface area contributed by atoms with E-state index in [1.54, 1.807) is 13.0 Å². The molecule has 1 aromatic rings. The van der Waals surface area contributed by atoms with E-state index in [2.05, 4.69) is 5.32 Å². The summed E-state index contributed by atoms with van der Waals surface area (Å²) in [5, 5.41) is 11.7. The SMILES string of the molecule is CC(C#N)NC(=O)c1ccc(Cl)c(Cl)c1. The van der Waals surface area contributed by atoms with Crippen molar-refractivity contribution in [1.82, 2.24) is 5.32 Å². The Kier molecular flexibility index (Phi) is 3.96. The van der Waals surface area contributed by atoms with Gasteiger partial charge in [-0.25, -0.2) is 0 Å². The van der Waals surface area contributed by atoms with Crippen LogP contribution in [0.25, 0.3) is 0 Å². The quantitative estimate of drug-likeness (QED) is 0.867. The molecule has 0 saturated heterocycles. The molecule has 1 rings (SSSR count). The van der Waals surface area contributed by atoms with Gasteiger partial charge in [0.1, 0.15) is 6.04 Å². The number of carbonyl (C=O) groups excluding carboxylic acids is 1. The number of halogens is 2. The molecule has 0 heterocycles. The number of carbonyl (C=O) groups is 1. The summed E-state index contributed by atoms with van der Waals surface area (Å²) in [5.41, 5.74) is 0.381. The second-order valence-corrected chi connectivity index (χ2v) is 3.77. The van der Waals surface area contributed by atoms with Gasteiger partial charge in [0.25, 0.3) is 5.91 Å². The first-order chi connectivity index (χ1) is 7.04. The predicted octanol–water partition coefficient (Wildman–Crippen LogP) is 2.64. The second-order valence-electron chi connectivity index (χ2n) is 2.95. The molecule has 0 fully saturated rings. The van der Waals surface area contributed by atoms with Gasteiger partial charge in [0, 0.05) is 5.56 Å². The molecule has 78 valence electrons. The standard InChI is InChI=1S/C10H8Cl2N2O/c1-6(5-13)14-10(15)7-2-3-8(11)9(12)4-7/h2-4,6H,1H3,(H,14,15). The Morgan fingerprint density at radius 3 is 2.67 bits per heavy atom. The van der Waals surface area contributed by atoms with Crippen LogP contribution >= 0.6 is 23.2 Å². The molecule has 0 aliphatic rings. The van der Waals surface area contributed by atoms with E-state index in [9.17, 15) is 4.79 Å². The van der Waals surface area contributed by atoms with Gasteiger partial charge in [-0.05, 0) is 25.1 Å². The van der Waals surface area contributed by atoms with Crippen LogP contribution in [0.1, 0.15) is 17.3 Å². The lowest BCUT2D eigenvalue weighted by molar-refractivity contribution is 0.0948. The summed E-state index contributed by atoms with van der Waals surface area (Å²) in [6, 6.07) is 5.91. The molecule has 0 aliphatic heterocycles. The van der Waals surface area contributed by atoms with Crippen LogP contribution in [0, 0.1) is 11.3 Å². The number of rotatable bonds is 2. The maximum Gasteiger partial charge on any atom is 0.252 e. The van der Waals surface area contributed by atoms with E-state index in [1.165, 1.54) is 12.1 Å². The summed E-state index contributed by atoms with van der Waals surface area (Å²) in [6.45, 7) is 1.59. The minimum Gasteiger partial charge on any atom is -0.337 e. The minimum absolute atomic E-state index is 0.314. The van der Waals surface area contributed by atoms with Crippen LogP contribution in [0.2, 0.25) is 10.0 Å². The lowest BCUT2D eigenvalue weighted by atomic mass is 10.2. The van der Waals surface area contributed by atoms with Gasteiger partial charge >= 0.3 is 0 Å². The minimum atomic E-state index is -0.535. The Morgan fingerprint density at radius 1 is 1.47 bits per heavy atom. The van der Waals surface area contributed by atoms with Gasteiger partial charge in [0.2, 0.25) is 0 Å². The molecule has 1 atom stereocenters. The molecule has 0 radical (unpaired) electrons. The van der Waals surface area contributed by atoms with Crippen molar-refractivity contribution in [1.29, 1.82) is 5.26 Å². The molecule has 0 spiro atoms. The Labute approximate surface area is 97.6 Å². The lowest BCUT2D eigenvalue weighted by Crippen LogP contribution is -2.31. The van der Waals surface area contributed by atoms with Gasteiger partial charge in [-0.3, -0.25) is 4.79 Å². The van der Waals surface area contributed by atoms with E-state index in [0.717, 1.165) is 0 Å². The zero-order valence-corrected chi connectivity index (χ0v) is 9.43. The second kappa shape index (κ2) is 5.01. The number of benzene rings is 1. The van der Waals surface area contributed by atoms with Crippen LogP contribution < -0.4 is 5.32 Å². The van der Waals surface area contributed by atoms with Crippen molar-refractivity contribution in [2.45, 2.75) is 13.0 Å². The Hall–Kier alpha value is -1.24. The number of amides is 1. The van der Waals surface area contributed by atoms with Gasteiger partial charge < -0.3 is 5.32 Å². The highest BCUT2D eigenvalue weighted by Gasteiger charge is 2.10. The van der Waals surface area contributed by atoms with E-state index in [1.807, 2.05) is 6.07 Å². The van der Waals surface area contributed by atoms with Crippen molar-refractivity contribution in [2.75, 3.05) is 0 Å². The normalized spacial score (nSPS) is 11.6. The van der Waals surface area contributed by atoms with Crippen molar-refractivity contribution >= 4 is 29.1 Å². The molecule has 1 amide bonds. The first-order valence-corrected chi connectivity index (χ1v) is 4.95. The monoisotopic (exact) mass is 242 g/mol. The number of hydrogen-bond acceptors (Lipinski definition) is 2. The zero-order valence-electron chi connectivity index (χ0n) is 7.92. The van der Waals surface area contributed by atoms with Gasteiger partial charge in [0.05, 0.1) is 16.1 Å². The summed E-state index contributed by atoms with van der Waals surface area (Å²) < 4.78 is 0. The Bertz CT molecular complexity index is 426. The van der Waals surface area contributed by atoms with Crippen molar-refractivity contribution < 1.29 is 4.79 Å². The Balaban J connectivity index is 2.84. The van der Waals surface area contributed by atoms with Crippen LogP contribution in [-0.2, 0) is 0 Å². The lowest BCUT2D eigenvalue weighted by Gasteiger charge is -2.06.